The Bertz CT molecular complexity index is 556. The number of aromatic nitrogens is 2. The van der Waals surface area contributed by atoms with Gasteiger partial charge in [-0.3, -0.25) is 4.57 Å². The highest BCUT2D eigenvalue weighted by Gasteiger charge is 2.27. The highest BCUT2D eigenvalue weighted by molar-refractivity contribution is 5.48. The Morgan fingerprint density at radius 2 is 2.44 bits per heavy atom. The second-order valence-electron chi connectivity index (χ2n) is 4.08. The third-order valence-corrected chi connectivity index (χ3v) is 2.84. The molecule has 1 unspecified atom stereocenters. The van der Waals surface area contributed by atoms with Gasteiger partial charge in [0.25, 0.3) is 0 Å². The zero-order valence-electron chi connectivity index (χ0n) is 10.1. The van der Waals surface area contributed by atoms with Crippen molar-refractivity contribution in [3.63, 3.8) is 0 Å². The first-order valence-electron chi connectivity index (χ1n) is 5.73. The number of anilines is 1. The molecule has 6 heteroatoms. The molecule has 0 saturated carbocycles. The van der Waals surface area contributed by atoms with Crippen LogP contribution in [0.4, 0.5) is 5.82 Å². The Kier molecular flexibility index (Phi) is 3.65. The standard InChI is InChI=1S/C12H15N3O3/c1-2-3-8-6-15(12(17)14-11(8)13)10-5-4-9(7-16)18-10/h6,9-10,16H,4-5,7H2,1H3,(H2,13,14,17)/t9?,10-/m1/s1. The van der Waals surface area contributed by atoms with Crippen LogP contribution in [0.5, 0.6) is 0 Å². The molecule has 96 valence electrons. The quantitative estimate of drug-likeness (QED) is 0.712. The summed E-state index contributed by atoms with van der Waals surface area (Å²) in [4.78, 5) is 15.5. The van der Waals surface area contributed by atoms with Gasteiger partial charge in [-0.1, -0.05) is 5.92 Å². The Labute approximate surface area is 104 Å². The van der Waals surface area contributed by atoms with Crippen LogP contribution in [0.25, 0.3) is 0 Å². The SMILES string of the molecule is CC#Cc1cn([C@H]2CCC(CO)O2)c(=O)nc1N. The van der Waals surface area contributed by atoms with Crippen LogP contribution in [0.1, 0.15) is 31.6 Å². The highest BCUT2D eigenvalue weighted by Crippen LogP contribution is 2.26. The first-order valence-corrected chi connectivity index (χ1v) is 5.73. The summed E-state index contributed by atoms with van der Waals surface area (Å²) in [6.45, 7) is 1.64. The molecule has 2 atom stereocenters. The van der Waals surface area contributed by atoms with E-state index in [1.165, 1.54) is 4.57 Å². The van der Waals surface area contributed by atoms with Crippen LogP contribution >= 0.6 is 0 Å². The molecule has 1 aliphatic heterocycles. The predicted molar refractivity (Wildman–Crippen MR) is 65.7 cm³/mol. The number of aliphatic hydroxyl groups excluding tert-OH is 1. The van der Waals surface area contributed by atoms with E-state index in [0.717, 1.165) is 0 Å². The largest absolute Gasteiger partial charge is 0.394 e. The van der Waals surface area contributed by atoms with E-state index in [2.05, 4.69) is 16.8 Å². The van der Waals surface area contributed by atoms with Gasteiger partial charge in [0, 0.05) is 6.20 Å². The van der Waals surface area contributed by atoms with Gasteiger partial charge < -0.3 is 15.6 Å². The molecule has 1 aromatic rings. The van der Waals surface area contributed by atoms with Gasteiger partial charge in [0.2, 0.25) is 0 Å². The molecule has 2 rings (SSSR count). The number of hydrogen-bond acceptors (Lipinski definition) is 5. The van der Waals surface area contributed by atoms with Crippen molar-refractivity contribution in [3.05, 3.63) is 22.2 Å². The minimum absolute atomic E-state index is 0.0464. The molecule has 0 bridgehead atoms. The molecule has 0 radical (unpaired) electrons. The molecule has 18 heavy (non-hydrogen) atoms. The Morgan fingerprint density at radius 3 is 3.06 bits per heavy atom. The summed E-state index contributed by atoms with van der Waals surface area (Å²) in [5.41, 5.74) is 5.67. The van der Waals surface area contributed by atoms with Crippen molar-refractivity contribution in [2.75, 3.05) is 12.3 Å². The first kappa shape index (κ1) is 12.6. The van der Waals surface area contributed by atoms with Gasteiger partial charge in [-0.2, -0.15) is 4.98 Å². The number of aliphatic hydroxyl groups is 1. The average Bonchev–Trinajstić information content (AvgIpc) is 2.81. The minimum Gasteiger partial charge on any atom is -0.394 e. The molecular weight excluding hydrogens is 234 g/mol. The Hall–Kier alpha value is -1.84. The van der Waals surface area contributed by atoms with Gasteiger partial charge in [0.1, 0.15) is 12.0 Å². The summed E-state index contributed by atoms with van der Waals surface area (Å²) in [5.74, 6) is 5.63. The van der Waals surface area contributed by atoms with E-state index >= 15 is 0 Å². The summed E-state index contributed by atoms with van der Waals surface area (Å²) < 4.78 is 6.92. The van der Waals surface area contributed by atoms with Crippen LogP contribution in [0.15, 0.2) is 11.0 Å². The van der Waals surface area contributed by atoms with Crippen molar-refractivity contribution >= 4 is 5.82 Å². The summed E-state index contributed by atoms with van der Waals surface area (Å²) in [6.07, 6.45) is 2.31. The number of ether oxygens (including phenoxy) is 1. The minimum atomic E-state index is -0.460. The van der Waals surface area contributed by atoms with E-state index in [1.807, 2.05) is 0 Å². The van der Waals surface area contributed by atoms with Crippen molar-refractivity contribution in [1.82, 2.24) is 9.55 Å². The summed E-state index contributed by atoms with van der Waals surface area (Å²) in [5, 5.41) is 9.01. The molecule has 3 N–H and O–H groups in total. The second-order valence-corrected chi connectivity index (χ2v) is 4.08. The van der Waals surface area contributed by atoms with Crippen molar-refractivity contribution in [2.24, 2.45) is 0 Å². The van der Waals surface area contributed by atoms with E-state index in [1.54, 1.807) is 13.1 Å². The smallest absolute Gasteiger partial charge is 0.351 e. The molecule has 0 spiro atoms. The monoisotopic (exact) mass is 249 g/mol. The number of nitrogens with zero attached hydrogens (tertiary/aromatic N) is 2. The van der Waals surface area contributed by atoms with Crippen LogP contribution in [0, 0.1) is 11.8 Å². The van der Waals surface area contributed by atoms with Crippen molar-refractivity contribution in [2.45, 2.75) is 32.1 Å². The lowest BCUT2D eigenvalue weighted by atomic mass is 10.2. The maximum atomic E-state index is 11.8. The van der Waals surface area contributed by atoms with E-state index in [0.29, 0.717) is 18.4 Å². The fourth-order valence-electron chi connectivity index (χ4n) is 1.94. The van der Waals surface area contributed by atoms with Gasteiger partial charge in [-0.05, 0) is 19.8 Å². The van der Waals surface area contributed by atoms with Crippen molar-refractivity contribution in [1.29, 1.82) is 0 Å². The third kappa shape index (κ3) is 2.37. The maximum Gasteiger partial charge on any atom is 0.351 e. The van der Waals surface area contributed by atoms with Crippen LogP contribution < -0.4 is 11.4 Å². The Balaban J connectivity index is 2.35. The molecule has 0 amide bonds. The lowest BCUT2D eigenvalue weighted by molar-refractivity contribution is -0.0245. The average molecular weight is 249 g/mol. The zero-order chi connectivity index (χ0) is 13.1. The summed E-state index contributed by atoms with van der Waals surface area (Å²) in [6, 6.07) is 0. The fraction of sp³-hybridized carbons (Fsp3) is 0.500. The van der Waals surface area contributed by atoms with Gasteiger partial charge in [0.15, 0.2) is 0 Å². The molecule has 1 aromatic heterocycles. The molecule has 0 aromatic carbocycles. The number of nitrogen functional groups attached to an aromatic ring is 1. The van der Waals surface area contributed by atoms with E-state index in [9.17, 15) is 4.79 Å². The number of nitrogens with two attached hydrogens (primary N) is 1. The van der Waals surface area contributed by atoms with Gasteiger partial charge >= 0.3 is 5.69 Å². The third-order valence-electron chi connectivity index (χ3n) is 2.84. The van der Waals surface area contributed by atoms with E-state index in [-0.39, 0.29) is 18.5 Å². The van der Waals surface area contributed by atoms with Gasteiger partial charge in [-0.15, -0.1) is 5.92 Å². The molecule has 1 saturated heterocycles. The molecule has 1 fully saturated rings. The van der Waals surface area contributed by atoms with E-state index in [4.69, 9.17) is 15.6 Å². The zero-order valence-corrected chi connectivity index (χ0v) is 10.1. The van der Waals surface area contributed by atoms with Crippen LogP contribution in [-0.2, 0) is 4.74 Å². The normalized spacial score (nSPS) is 22.6. The molecular formula is C12H15N3O3. The lowest BCUT2D eigenvalue weighted by Gasteiger charge is -2.15. The Morgan fingerprint density at radius 1 is 1.67 bits per heavy atom. The highest BCUT2D eigenvalue weighted by atomic mass is 16.5. The first-order chi connectivity index (χ1) is 8.65. The second kappa shape index (κ2) is 5.21. The van der Waals surface area contributed by atoms with Crippen LogP contribution in [0.3, 0.4) is 0 Å². The molecule has 6 nitrogen and oxygen atoms in total. The van der Waals surface area contributed by atoms with Crippen LogP contribution in [-0.4, -0.2) is 27.4 Å². The molecule has 2 heterocycles. The fourth-order valence-corrected chi connectivity index (χ4v) is 1.94. The van der Waals surface area contributed by atoms with Crippen molar-refractivity contribution in [3.8, 4) is 11.8 Å². The number of rotatable bonds is 2. The van der Waals surface area contributed by atoms with Gasteiger partial charge in [0.05, 0.1) is 18.3 Å². The van der Waals surface area contributed by atoms with E-state index < -0.39 is 11.9 Å². The van der Waals surface area contributed by atoms with Crippen molar-refractivity contribution < 1.29 is 9.84 Å². The summed E-state index contributed by atoms with van der Waals surface area (Å²) in [7, 11) is 0. The molecule has 1 aliphatic rings. The molecule has 0 aliphatic carbocycles. The predicted octanol–water partition coefficient (Wildman–Crippen LogP) is -0.133. The maximum absolute atomic E-state index is 11.8. The van der Waals surface area contributed by atoms with Gasteiger partial charge in [-0.25, -0.2) is 4.79 Å². The summed E-state index contributed by atoms with van der Waals surface area (Å²) >= 11 is 0. The topological polar surface area (TPSA) is 90.4 Å². The van der Waals surface area contributed by atoms with Crippen LogP contribution in [0.2, 0.25) is 0 Å². The lowest BCUT2D eigenvalue weighted by Crippen LogP contribution is -2.28. The number of hydrogen-bond donors (Lipinski definition) is 2.